The Labute approximate surface area is 89.7 Å². The summed E-state index contributed by atoms with van der Waals surface area (Å²) in [4.78, 5) is 11.0. The standard InChI is InChI=1S/C12H12BNO/c1-8(15)14-12-4-2-3-9-5-6-10(13)7-11(9)12/h2-7H,13H2,1H3,(H,14,15). The van der Waals surface area contributed by atoms with E-state index in [9.17, 15) is 4.79 Å². The van der Waals surface area contributed by atoms with Crippen LogP contribution in [0.15, 0.2) is 36.4 Å². The monoisotopic (exact) mass is 197 g/mol. The number of carbonyl (C=O) groups excluding carboxylic acids is 1. The fourth-order valence-electron chi connectivity index (χ4n) is 1.69. The molecule has 0 unspecified atom stereocenters. The van der Waals surface area contributed by atoms with E-state index in [-0.39, 0.29) is 5.91 Å². The molecule has 0 aliphatic rings. The Morgan fingerprint density at radius 2 is 2.07 bits per heavy atom. The lowest BCUT2D eigenvalue weighted by Gasteiger charge is -2.07. The summed E-state index contributed by atoms with van der Waals surface area (Å²) in [5.41, 5.74) is 2.07. The Bertz CT molecular complexity index is 522. The van der Waals surface area contributed by atoms with Crippen LogP contribution in [0.3, 0.4) is 0 Å². The van der Waals surface area contributed by atoms with Crippen LogP contribution in [0.25, 0.3) is 10.8 Å². The van der Waals surface area contributed by atoms with Crippen LogP contribution in [0.2, 0.25) is 0 Å². The van der Waals surface area contributed by atoms with Gasteiger partial charge in [0.2, 0.25) is 5.91 Å². The van der Waals surface area contributed by atoms with E-state index < -0.39 is 0 Å². The molecule has 0 heterocycles. The SMILES string of the molecule is Bc1ccc2cccc(NC(C)=O)c2c1. The van der Waals surface area contributed by atoms with Crippen molar-refractivity contribution >= 4 is 35.7 Å². The fraction of sp³-hybridized carbons (Fsp3) is 0.0833. The van der Waals surface area contributed by atoms with E-state index in [1.54, 1.807) is 0 Å². The maximum absolute atomic E-state index is 11.0. The Kier molecular flexibility index (Phi) is 2.46. The van der Waals surface area contributed by atoms with E-state index in [2.05, 4.69) is 23.5 Å². The largest absolute Gasteiger partial charge is 0.326 e. The van der Waals surface area contributed by atoms with Crippen LogP contribution in [0, 0.1) is 0 Å². The van der Waals surface area contributed by atoms with Gasteiger partial charge in [-0.05, 0) is 11.5 Å². The van der Waals surface area contributed by atoms with E-state index in [0.29, 0.717) is 0 Å². The number of anilines is 1. The number of hydrogen-bond donors (Lipinski definition) is 1. The first-order valence-electron chi connectivity index (χ1n) is 4.94. The zero-order valence-corrected chi connectivity index (χ0v) is 8.87. The van der Waals surface area contributed by atoms with Crippen LogP contribution in [-0.4, -0.2) is 13.8 Å². The molecule has 0 spiro atoms. The normalized spacial score (nSPS) is 10.2. The lowest BCUT2D eigenvalue weighted by molar-refractivity contribution is -0.114. The molecule has 2 aromatic carbocycles. The second-order valence-corrected chi connectivity index (χ2v) is 3.71. The topological polar surface area (TPSA) is 29.1 Å². The lowest BCUT2D eigenvalue weighted by atomic mass is 9.93. The molecule has 15 heavy (non-hydrogen) atoms. The van der Waals surface area contributed by atoms with Gasteiger partial charge < -0.3 is 5.32 Å². The first-order valence-corrected chi connectivity index (χ1v) is 4.94. The van der Waals surface area contributed by atoms with Gasteiger partial charge in [0.05, 0.1) is 0 Å². The summed E-state index contributed by atoms with van der Waals surface area (Å²) in [6.45, 7) is 1.52. The number of hydrogen-bond acceptors (Lipinski definition) is 1. The van der Waals surface area contributed by atoms with Crippen LogP contribution in [-0.2, 0) is 4.79 Å². The maximum Gasteiger partial charge on any atom is 0.221 e. The molecule has 1 N–H and O–H groups in total. The maximum atomic E-state index is 11.0. The molecular weight excluding hydrogens is 185 g/mol. The Balaban J connectivity index is 2.63. The van der Waals surface area contributed by atoms with Gasteiger partial charge in [0.15, 0.2) is 0 Å². The first-order chi connectivity index (χ1) is 7.16. The van der Waals surface area contributed by atoms with Crippen LogP contribution < -0.4 is 10.8 Å². The van der Waals surface area contributed by atoms with Gasteiger partial charge >= 0.3 is 0 Å². The van der Waals surface area contributed by atoms with Crippen molar-refractivity contribution in [3.63, 3.8) is 0 Å². The fourth-order valence-corrected chi connectivity index (χ4v) is 1.69. The predicted molar refractivity (Wildman–Crippen MR) is 66.4 cm³/mol. The van der Waals surface area contributed by atoms with E-state index in [1.807, 2.05) is 26.0 Å². The molecule has 0 bridgehead atoms. The van der Waals surface area contributed by atoms with Crippen molar-refractivity contribution in [2.75, 3.05) is 5.32 Å². The minimum atomic E-state index is -0.0380. The van der Waals surface area contributed by atoms with E-state index in [4.69, 9.17) is 0 Å². The number of amides is 1. The van der Waals surface area contributed by atoms with Crippen molar-refractivity contribution in [3.05, 3.63) is 36.4 Å². The van der Waals surface area contributed by atoms with Crippen LogP contribution in [0.4, 0.5) is 5.69 Å². The lowest BCUT2D eigenvalue weighted by Crippen LogP contribution is -2.07. The number of carbonyl (C=O) groups is 1. The van der Waals surface area contributed by atoms with Gasteiger partial charge in [0, 0.05) is 18.0 Å². The van der Waals surface area contributed by atoms with Crippen LogP contribution >= 0.6 is 0 Å². The third-order valence-electron chi connectivity index (χ3n) is 2.35. The first kappa shape index (κ1) is 9.78. The Morgan fingerprint density at radius 1 is 1.27 bits per heavy atom. The molecule has 0 saturated heterocycles. The smallest absolute Gasteiger partial charge is 0.221 e. The molecule has 0 aliphatic carbocycles. The third-order valence-corrected chi connectivity index (χ3v) is 2.35. The molecule has 3 heteroatoms. The highest BCUT2D eigenvalue weighted by Crippen LogP contribution is 2.21. The third kappa shape index (κ3) is 2.01. The summed E-state index contributed by atoms with van der Waals surface area (Å²) in [6, 6.07) is 12.1. The Hall–Kier alpha value is -1.77. The molecule has 74 valence electrons. The highest BCUT2D eigenvalue weighted by molar-refractivity contribution is 6.33. The van der Waals surface area contributed by atoms with Gasteiger partial charge in [-0.15, -0.1) is 0 Å². The van der Waals surface area contributed by atoms with E-state index >= 15 is 0 Å². The second kappa shape index (κ2) is 3.77. The summed E-state index contributed by atoms with van der Waals surface area (Å²) in [7, 11) is 2.05. The molecule has 1 amide bonds. The molecule has 2 aromatic rings. The minimum Gasteiger partial charge on any atom is -0.326 e. The van der Waals surface area contributed by atoms with Crippen LogP contribution in [0.1, 0.15) is 6.92 Å². The van der Waals surface area contributed by atoms with E-state index in [0.717, 1.165) is 16.5 Å². The number of rotatable bonds is 1. The molecule has 0 atom stereocenters. The number of fused-ring (bicyclic) bond motifs is 1. The molecule has 0 aliphatic heterocycles. The minimum absolute atomic E-state index is 0.0380. The van der Waals surface area contributed by atoms with Crippen molar-refractivity contribution in [2.24, 2.45) is 0 Å². The molecule has 2 rings (SSSR count). The van der Waals surface area contributed by atoms with Gasteiger partial charge in [-0.2, -0.15) is 0 Å². The van der Waals surface area contributed by atoms with Gasteiger partial charge in [-0.3, -0.25) is 4.79 Å². The second-order valence-electron chi connectivity index (χ2n) is 3.71. The zero-order valence-electron chi connectivity index (χ0n) is 8.87. The van der Waals surface area contributed by atoms with Gasteiger partial charge in [0.25, 0.3) is 0 Å². The van der Waals surface area contributed by atoms with Crippen molar-refractivity contribution in [3.8, 4) is 0 Å². The summed E-state index contributed by atoms with van der Waals surface area (Å²) in [5.74, 6) is -0.0380. The molecule has 0 saturated carbocycles. The predicted octanol–water partition coefficient (Wildman–Crippen LogP) is 1.06. The molecule has 0 aromatic heterocycles. The van der Waals surface area contributed by atoms with Crippen LogP contribution in [0.5, 0.6) is 0 Å². The van der Waals surface area contributed by atoms with Gasteiger partial charge in [-0.25, -0.2) is 0 Å². The average molecular weight is 197 g/mol. The summed E-state index contributed by atoms with van der Waals surface area (Å²) in [5, 5.41) is 5.07. The molecule has 0 fully saturated rings. The summed E-state index contributed by atoms with van der Waals surface area (Å²) in [6.07, 6.45) is 0. The zero-order chi connectivity index (χ0) is 10.8. The van der Waals surface area contributed by atoms with Crippen molar-refractivity contribution < 1.29 is 4.79 Å². The van der Waals surface area contributed by atoms with Gasteiger partial charge in [-0.1, -0.05) is 35.8 Å². The highest BCUT2D eigenvalue weighted by Gasteiger charge is 2.01. The Morgan fingerprint density at radius 3 is 2.80 bits per heavy atom. The average Bonchev–Trinajstić information content (AvgIpc) is 2.18. The molecular formula is C12H12BNO. The van der Waals surface area contributed by atoms with Gasteiger partial charge in [0.1, 0.15) is 7.85 Å². The summed E-state index contributed by atoms with van der Waals surface area (Å²) >= 11 is 0. The molecule has 0 radical (unpaired) electrons. The highest BCUT2D eigenvalue weighted by atomic mass is 16.1. The summed E-state index contributed by atoms with van der Waals surface area (Å²) < 4.78 is 0. The molecule has 2 nitrogen and oxygen atoms in total. The number of benzene rings is 2. The van der Waals surface area contributed by atoms with Crippen molar-refractivity contribution in [1.82, 2.24) is 0 Å². The quantitative estimate of drug-likeness (QED) is 0.680. The van der Waals surface area contributed by atoms with E-state index in [1.165, 1.54) is 12.4 Å². The number of nitrogens with one attached hydrogen (secondary N) is 1. The van der Waals surface area contributed by atoms with Crippen molar-refractivity contribution in [1.29, 1.82) is 0 Å². The van der Waals surface area contributed by atoms with Crippen molar-refractivity contribution in [2.45, 2.75) is 6.92 Å².